The van der Waals surface area contributed by atoms with Crippen LogP contribution in [0.15, 0.2) is 35.3 Å². The Kier molecular flexibility index (Phi) is 5.03. The summed E-state index contributed by atoms with van der Waals surface area (Å²) in [6, 6.07) is 7.90. The number of carbonyl (C=O) groups is 1. The number of rotatable bonds is 4. The molecule has 1 aliphatic rings. The molecule has 0 N–H and O–H groups in total. The minimum Gasteiger partial charge on any atom is -0.462 e. The molecule has 3 rings (SSSR count). The Morgan fingerprint density at radius 1 is 1.21 bits per heavy atom. The fraction of sp³-hybridized carbons (Fsp3) is 0.500. The lowest BCUT2D eigenvalue weighted by Gasteiger charge is -2.26. The van der Waals surface area contributed by atoms with E-state index in [1.807, 2.05) is 32.0 Å². The largest absolute Gasteiger partial charge is 0.462 e. The number of carbonyl (C=O) groups excluding carboxylic acids is 1. The fourth-order valence-electron chi connectivity index (χ4n) is 3.43. The van der Waals surface area contributed by atoms with Crippen molar-refractivity contribution in [1.82, 2.24) is 4.57 Å². The number of hydrogen-bond donors (Lipinski definition) is 0. The maximum absolute atomic E-state index is 12.7. The third kappa shape index (κ3) is 3.37. The number of pyridine rings is 1. The summed E-state index contributed by atoms with van der Waals surface area (Å²) in [4.78, 5) is 25.1. The molecule has 1 saturated carbocycles. The molecule has 2 aromatic rings. The quantitative estimate of drug-likeness (QED) is 0.786. The highest BCUT2D eigenvalue weighted by Crippen LogP contribution is 2.30. The number of esters is 1. The zero-order valence-electron chi connectivity index (χ0n) is 14.5. The van der Waals surface area contributed by atoms with Gasteiger partial charge in [-0.15, -0.1) is 0 Å². The van der Waals surface area contributed by atoms with Crippen LogP contribution >= 0.6 is 0 Å². The van der Waals surface area contributed by atoms with Crippen LogP contribution in [-0.4, -0.2) is 17.1 Å². The number of nitrogens with zero attached hydrogens (tertiary/aromatic N) is 1. The van der Waals surface area contributed by atoms with E-state index in [1.165, 1.54) is 19.3 Å². The summed E-state index contributed by atoms with van der Waals surface area (Å²) in [5.41, 5.74) is 0.834. The van der Waals surface area contributed by atoms with E-state index in [9.17, 15) is 9.59 Å². The van der Waals surface area contributed by atoms with Gasteiger partial charge in [-0.2, -0.15) is 0 Å². The highest BCUT2D eigenvalue weighted by atomic mass is 16.5. The minimum absolute atomic E-state index is 0.153. The van der Waals surface area contributed by atoms with Gasteiger partial charge in [-0.1, -0.05) is 45.2 Å². The maximum Gasteiger partial charge on any atom is 0.343 e. The molecule has 24 heavy (non-hydrogen) atoms. The molecule has 1 heterocycles. The van der Waals surface area contributed by atoms with Crippen LogP contribution in [0, 0.1) is 5.92 Å². The predicted molar refractivity (Wildman–Crippen MR) is 95.5 cm³/mol. The second-order valence-corrected chi connectivity index (χ2v) is 7.08. The van der Waals surface area contributed by atoms with Gasteiger partial charge >= 0.3 is 5.97 Å². The molecule has 0 saturated heterocycles. The smallest absolute Gasteiger partial charge is 0.343 e. The minimum atomic E-state index is -0.510. The lowest BCUT2D eigenvalue weighted by molar-refractivity contribution is 0.0456. The van der Waals surface area contributed by atoms with Crippen LogP contribution in [0.1, 0.15) is 62.4 Å². The molecule has 0 radical (unpaired) electrons. The van der Waals surface area contributed by atoms with Crippen molar-refractivity contribution in [1.29, 1.82) is 0 Å². The van der Waals surface area contributed by atoms with Gasteiger partial charge in [0.15, 0.2) is 0 Å². The number of ether oxygens (including phenoxy) is 1. The van der Waals surface area contributed by atoms with Crippen LogP contribution in [0.5, 0.6) is 0 Å². The molecule has 1 aliphatic carbocycles. The summed E-state index contributed by atoms with van der Waals surface area (Å²) in [7, 11) is 0. The van der Waals surface area contributed by atoms with E-state index >= 15 is 0 Å². The van der Waals surface area contributed by atoms with Crippen LogP contribution < -0.4 is 5.43 Å². The molecule has 4 nitrogen and oxygen atoms in total. The van der Waals surface area contributed by atoms with E-state index in [0.29, 0.717) is 18.0 Å². The number of benzene rings is 1. The molecule has 0 amide bonds. The number of para-hydroxylation sites is 1. The summed E-state index contributed by atoms with van der Waals surface area (Å²) in [6.07, 6.45) is 7.55. The van der Waals surface area contributed by atoms with Crippen molar-refractivity contribution in [3.05, 3.63) is 46.2 Å². The van der Waals surface area contributed by atoms with Crippen LogP contribution in [0.4, 0.5) is 0 Å². The van der Waals surface area contributed by atoms with E-state index in [4.69, 9.17) is 4.74 Å². The fourth-order valence-corrected chi connectivity index (χ4v) is 3.43. The molecule has 1 aromatic heterocycles. The Balaban J connectivity index is 2.07. The van der Waals surface area contributed by atoms with Gasteiger partial charge in [0.25, 0.3) is 0 Å². The van der Waals surface area contributed by atoms with Gasteiger partial charge in [-0.25, -0.2) is 4.79 Å². The van der Waals surface area contributed by atoms with E-state index in [0.717, 1.165) is 18.4 Å². The van der Waals surface area contributed by atoms with Gasteiger partial charge < -0.3 is 9.30 Å². The highest BCUT2D eigenvalue weighted by molar-refractivity contribution is 5.93. The second kappa shape index (κ2) is 7.20. The van der Waals surface area contributed by atoms with Gasteiger partial charge in [0, 0.05) is 17.6 Å². The molecular weight excluding hydrogens is 302 g/mol. The average molecular weight is 327 g/mol. The normalized spacial score (nSPS) is 15.8. The van der Waals surface area contributed by atoms with Crippen molar-refractivity contribution < 1.29 is 9.53 Å². The average Bonchev–Trinajstić information content (AvgIpc) is 2.61. The van der Waals surface area contributed by atoms with E-state index in [-0.39, 0.29) is 16.9 Å². The molecule has 1 fully saturated rings. The van der Waals surface area contributed by atoms with E-state index in [2.05, 4.69) is 4.57 Å². The number of hydrogen-bond acceptors (Lipinski definition) is 3. The molecule has 1 aromatic carbocycles. The Morgan fingerprint density at radius 3 is 2.62 bits per heavy atom. The second-order valence-electron chi connectivity index (χ2n) is 7.08. The van der Waals surface area contributed by atoms with Crippen molar-refractivity contribution in [2.75, 3.05) is 6.61 Å². The summed E-state index contributed by atoms with van der Waals surface area (Å²) >= 11 is 0. The third-order valence-corrected chi connectivity index (χ3v) is 4.68. The van der Waals surface area contributed by atoms with Crippen LogP contribution in [0.25, 0.3) is 10.9 Å². The molecule has 0 unspecified atom stereocenters. The molecule has 0 aliphatic heterocycles. The first-order valence-corrected chi connectivity index (χ1v) is 8.89. The Morgan fingerprint density at radius 2 is 1.92 bits per heavy atom. The first-order valence-electron chi connectivity index (χ1n) is 8.89. The standard InChI is InChI=1S/C20H25NO3/c1-14(2)13-24-20(23)17-12-21(15-8-4-3-5-9-15)18-11-7-6-10-16(18)19(17)22/h6-7,10-12,14-15H,3-5,8-9,13H2,1-2H3. The van der Waals surface area contributed by atoms with E-state index < -0.39 is 5.97 Å². The first-order chi connectivity index (χ1) is 11.6. The summed E-state index contributed by atoms with van der Waals surface area (Å²) in [6.45, 7) is 4.29. The van der Waals surface area contributed by atoms with Gasteiger partial charge in [0.1, 0.15) is 5.56 Å². The van der Waals surface area contributed by atoms with Crippen molar-refractivity contribution in [3.63, 3.8) is 0 Å². The summed E-state index contributed by atoms with van der Waals surface area (Å²) in [5, 5.41) is 0.599. The Bertz CT molecular complexity index is 785. The van der Waals surface area contributed by atoms with Crippen LogP contribution in [0.2, 0.25) is 0 Å². The van der Waals surface area contributed by atoms with Crippen LogP contribution in [0.3, 0.4) is 0 Å². The first kappa shape index (κ1) is 16.7. The molecule has 0 atom stereocenters. The Labute approximate surface area is 142 Å². The number of fused-ring (bicyclic) bond motifs is 1. The summed E-state index contributed by atoms with van der Waals surface area (Å²) < 4.78 is 7.44. The lowest BCUT2D eigenvalue weighted by Crippen LogP contribution is -2.24. The van der Waals surface area contributed by atoms with Gasteiger partial charge in [-0.05, 0) is 30.9 Å². The van der Waals surface area contributed by atoms with Crippen LogP contribution in [-0.2, 0) is 4.74 Å². The van der Waals surface area contributed by atoms with Crippen molar-refractivity contribution >= 4 is 16.9 Å². The zero-order valence-corrected chi connectivity index (χ0v) is 14.5. The molecule has 0 bridgehead atoms. The van der Waals surface area contributed by atoms with Gasteiger partial charge in [0.05, 0.1) is 12.1 Å². The zero-order chi connectivity index (χ0) is 17.1. The van der Waals surface area contributed by atoms with Crippen molar-refractivity contribution in [3.8, 4) is 0 Å². The van der Waals surface area contributed by atoms with E-state index in [1.54, 1.807) is 12.3 Å². The van der Waals surface area contributed by atoms with Gasteiger partial charge in [-0.3, -0.25) is 4.79 Å². The molecule has 128 valence electrons. The van der Waals surface area contributed by atoms with Crippen molar-refractivity contribution in [2.45, 2.75) is 52.0 Å². The Hall–Kier alpha value is -2.10. The van der Waals surface area contributed by atoms with Crippen molar-refractivity contribution in [2.24, 2.45) is 5.92 Å². The highest BCUT2D eigenvalue weighted by Gasteiger charge is 2.21. The molecule has 0 spiro atoms. The molecular formula is C20H25NO3. The summed E-state index contributed by atoms with van der Waals surface area (Å²) in [5.74, 6) is -0.265. The maximum atomic E-state index is 12.7. The lowest BCUT2D eigenvalue weighted by atomic mass is 9.94. The molecule has 4 heteroatoms. The van der Waals surface area contributed by atoms with Gasteiger partial charge in [0.2, 0.25) is 5.43 Å². The SMILES string of the molecule is CC(C)COC(=O)c1cn(C2CCCCC2)c2ccccc2c1=O. The number of aromatic nitrogens is 1. The topological polar surface area (TPSA) is 48.3 Å². The monoisotopic (exact) mass is 327 g/mol. The third-order valence-electron chi connectivity index (χ3n) is 4.68. The predicted octanol–water partition coefficient (Wildman–Crippen LogP) is 4.32.